The number of hydrogen-bond donors (Lipinski definition) is 3. The number of nitrogens with one attached hydrogen (secondary N) is 2. The van der Waals surface area contributed by atoms with Gasteiger partial charge >= 0.3 is 5.97 Å². The Labute approximate surface area is 169 Å². The van der Waals surface area contributed by atoms with Crippen molar-refractivity contribution in [1.82, 2.24) is 10.3 Å². The lowest BCUT2D eigenvalue weighted by atomic mass is 10.1. The van der Waals surface area contributed by atoms with E-state index in [1.165, 1.54) is 6.92 Å². The van der Waals surface area contributed by atoms with Crippen LogP contribution in [0.3, 0.4) is 0 Å². The van der Waals surface area contributed by atoms with Crippen LogP contribution in [-0.2, 0) is 4.79 Å². The fraction of sp³-hybridized carbons (Fsp3) is 0.200. The summed E-state index contributed by atoms with van der Waals surface area (Å²) < 4.78 is 0. The first kappa shape index (κ1) is 24.5. The van der Waals surface area contributed by atoms with Gasteiger partial charge in [-0.2, -0.15) is 0 Å². The monoisotopic (exact) mass is 410 g/mol. The number of hydrogen-bond acceptors (Lipinski definition) is 3. The fourth-order valence-corrected chi connectivity index (χ4v) is 2.44. The lowest BCUT2D eigenvalue weighted by Gasteiger charge is -1.96. The van der Waals surface area contributed by atoms with Crippen molar-refractivity contribution in [1.29, 1.82) is 0 Å². The fourth-order valence-electron chi connectivity index (χ4n) is 1.97. The Balaban J connectivity index is 0.000000444. The molecule has 1 aromatic heterocycles. The summed E-state index contributed by atoms with van der Waals surface area (Å²) in [5, 5.41) is 13.9. The number of allylic oxidation sites excluding steroid dienone is 4. The summed E-state index contributed by atoms with van der Waals surface area (Å²) in [6.45, 7) is 8.69. The van der Waals surface area contributed by atoms with Gasteiger partial charge in [0, 0.05) is 33.7 Å². The number of aryl methyl sites for hydroxylation is 1. The molecular formula is C20H24Cl2N2O3. The van der Waals surface area contributed by atoms with Gasteiger partial charge in [-0.25, -0.2) is 4.79 Å². The van der Waals surface area contributed by atoms with E-state index in [0.29, 0.717) is 10.1 Å². The first-order chi connectivity index (χ1) is 12.7. The van der Waals surface area contributed by atoms with Crippen molar-refractivity contribution < 1.29 is 14.7 Å². The highest BCUT2D eigenvalue weighted by atomic mass is 35.5. The summed E-state index contributed by atoms with van der Waals surface area (Å²) in [6, 6.07) is 7.56. The van der Waals surface area contributed by atoms with Gasteiger partial charge in [0.2, 0.25) is 0 Å². The van der Waals surface area contributed by atoms with Crippen LogP contribution in [0.1, 0.15) is 29.9 Å². The third-order valence-corrected chi connectivity index (χ3v) is 3.48. The molecular weight excluding hydrogens is 387 g/mol. The molecule has 5 nitrogen and oxygen atoms in total. The van der Waals surface area contributed by atoms with Crippen LogP contribution < -0.4 is 5.32 Å². The molecule has 0 aliphatic carbocycles. The summed E-state index contributed by atoms with van der Waals surface area (Å²) >= 11 is 11.3. The smallest absolute Gasteiger partial charge is 0.352 e. The van der Waals surface area contributed by atoms with Gasteiger partial charge in [-0.15, -0.1) is 0 Å². The number of halogens is 2. The highest BCUT2D eigenvalue weighted by Gasteiger charge is 2.12. The van der Waals surface area contributed by atoms with Gasteiger partial charge in [0.05, 0.1) is 0 Å². The Kier molecular flexibility index (Phi) is 11.6. The molecule has 0 atom stereocenters. The number of rotatable bonds is 4. The Morgan fingerprint density at radius 2 is 1.81 bits per heavy atom. The number of carbonyl (C=O) groups is 2. The predicted octanol–water partition coefficient (Wildman–Crippen LogP) is 5.36. The molecule has 0 amide bonds. The predicted molar refractivity (Wildman–Crippen MR) is 113 cm³/mol. The third kappa shape index (κ3) is 9.13. The zero-order valence-corrected chi connectivity index (χ0v) is 17.3. The molecule has 0 spiro atoms. The number of aromatic amines is 1. The van der Waals surface area contributed by atoms with E-state index in [9.17, 15) is 4.79 Å². The topological polar surface area (TPSA) is 82.2 Å². The van der Waals surface area contributed by atoms with Crippen LogP contribution in [0.15, 0.2) is 58.8 Å². The molecule has 1 aromatic carbocycles. The molecule has 1 heterocycles. The second kappa shape index (κ2) is 12.8. The van der Waals surface area contributed by atoms with E-state index in [-0.39, 0.29) is 5.69 Å². The summed E-state index contributed by atoms with van der Waals surface area (Å²) in [5.41, 5.74) is 2.70. The van der Waals surface area contributed by atoms with Crippen LogP contribution in [-0.4, -0.2) is 29.4 Å². The zero-order valence-electron chi connectivity index (χ0n) is 15.8. The molecule has 0 aliphatic heterocycles. The summed E-state index contributed by atoms with van der Waals surface area (Å²) in [7, 11) is 1.78. The third-order valence-electron chi connectivity index (χ3n) is 3.15. The van der Waals surface area contributed by atoms with Gasteiger partial charge in [-0.1, -0.05) is 48.0 Å². The summed E-state index contributed by atoms with van der Waals surface area (Å²) in [5.74, 6) is -0.909. The lowest BCUT2D eigenvalue weighted by Crippen LogP contribution is -2.00. The number of carboxylic acid groups (broad SMARTS) is 1. The number of fused-ring (bicyclic) bond motifs is 1. The van der Waals surface area contributed by atoms with Crippen LogP contribution in [0.2, 0.25) is 0 Å². The van der Waals surface area contributed by atoms with Crippen molar-refractivity contribution in [2.75, 3.05) is 7.05 Å². The number of benzene rings is 1. The van der Waals surface area contributed by atoms with E-state index in [4.69, 9.17) is 33.1 Å². The average molecular weight is 411 g/mol. The molecule has 2 rings (SSSR count). The second-order valence-electron chi connectivity index (χ2n) is 5.25. The standard InChI is InChI=1S/C10H9NO2.C8H11Cl2N.C2H4O/c1-6-7-4-2-3-5-8(7)11-9(6)10(12)13;1-6(9)4-8(10)5-7(2)11-3;1-2-3/h2-5,11H,1H3,(H,12,13);4-5,11H,2H2,1,3H3;2H,1H3/b;6-4+,8-5+;. The van der Waals surface area contributed by atoms with Gasteiger partial charge in [-0.05, 0) is 44.6 Å². The van der Waals surface area contributed by atoms with Gasteiger partial charge in [0.1, 0.15) is 12.0 Å². The molecule has 146 valence electrons. The van der Waals surface area contributed by atoms with Crippen molar-refractivity contribution in [2.45, 2.75) is 20.8 Å². The minimum atomic E-state index is -0.909. The SMILES string of the molecule is C=C(/C=C(Cl)\C=C(/C)Cl)NC.CC=O.Cc1c(C(=O)O)[nH]c2ccccc12. The largest absolute Gasteiger partial charge is 0.477 e. The van der Waals surface area contributed by atoms with E-state index < -0.39 is 5.97 Å². The normalized spacial score (nSPS) is 10.9. The first-order valence-corrected chi connectivity index (χ1v) is 8.71. The molecule has 0 radical (unpaired) electrons. The summed E-state index contributed by atoms with van der Waals surface area (Å²) in [6.07, 6.45) is 4.11. The molecule has 0 saturated heterocycles. The Hall–Kier alpha value is -2.50. The van der Waals surface area contributed by atoms with Gasteiger partial charge in [0.25, 0.3) is 0 Å². The maximum Gasteiger partial charge on any atom is 0.352 e. The number of aldehydes is 1. The average Bonchev–Trinajstić information content (AvgIpc) is 2.93. The number of carboxylic acids is 1. The van der Waals surface area contributed by atoms with Crippen LogP contribution >= 0.6 is 23.2 Å². The minimum absolute atomic E-state index is 0.279. The number of H-pyrrole nitrogens is 1. The maximum absolute atomic E-state index is 10.8. The molecule has 0 bridgehead atoms. The Morgan fingerprint density at radius 1 is 1.26 bits per heavy atom. The van der Waals surface area contributed by atoms with Gasteiger partial charge in [0.15, 0.2) is 0 Å². The van der Waals surface area contributed by atoms with Gasteiger partial charge in [-0.3, -0.25) is 0 Å². The molecule has 7 heteroatoms. The van der Waals surface area contributed by atoms with E-state index in [1.807, 2.05) is 31.2 Å². The Morgan fingerprint density at radius 3 is 2.26 bits per heavy atom. The van der Waals surface area contributed by atoms with E-state index in [1.54, 1.807) is 26.1 Å². The number of likely N-dealkylation sites (N-methyl/N-ethyl adjacent to an activating group) is 1. The van der Waals surface area contributed by atoms with Crippen molar-refractivity contribution >= 4 is 46.4 Å². The molecule has 2 aromatic rings. The van der Waals surface area contributed by atoms with Crippen molar-refractivity contribution in [3.8, 4) is 0 Å². The van der Waals surface area contributed by atoms with Crippen molar-refractivity contribution in [3.05, 3.63) is 70.0 Å². The van der Waals surface area contributed by atoms with Crippen molar-refractivity contribution in [2.24, 2.45) is 0 Å². The quantitative estimate of drug-likeness (QED) is 0.467. The highest BCUT2D eigenvalue weighted by molar-refractivity contribution is 6.34. The van der Waals surface area contributed by atoms with E-state index in [2.05, 4.69) is 16.9 Å². The van der Waals surface area contributed by atoms with Crippen LogP contribution in [0, 0.1) is 6.92 Å². The first-order valence-electron chi connectivity index (χ1n) is 7.95. The van der Waals surface area contributed by atoms with E-state index >= 15 is 0 Å². The highest BCUT2D eigenvalue weighted by Crippen LogP contribution is 2.20. The summed E-state index contributed by atoms with van der Waals surface area (Å²) in [4.78, 5) is 22.4. The van der Waals surface area contributed by atoms with Crippen LogP contribution in [0.5, 0.6) is 0 Å². The number of aromatic nitrogens is 1. The van der Waals surface area contributed by atoms with Gasteiger partial charge < -0.3 is 20.2 Å². The molecule has 27 heavy (non-hydrogen) atoms. The van der Waals surface area contributed by atoms with E-state index in [0.717, 1.165) is 28.4 Å². The molecule has 3 N–H and O–H groups in total. The van der Waals surface area contributed by atoms with Crippen molar-refractivity contribution in [3.63, 3.8) is 0 Å². The number of carbonyl (C=O) groups excluding carboxylic acids is 1. The molecule has 0 fully saturated rings. The Bertz CT molecular complexity index is 848. The minimum Gasteiger partial charge on any atom is -0.477 e. The second-order valence-corrected chi connectivity index (χ2v) is 6.28. The zero-order chi connectivity index (χ0) is 21.0. The number of aromatic carboxylic acids is 1. The lowest BCUT2D eigenvalue weighted by molar-refractivity contribution is -0.106. The molecule has 0 aliphatic rings. The maximum atomic E-state index is 10.8. The molecule has 0 saturated carbocycles. The van der Waals surface area contributed by atoms with Crippen LogP contribution in [0.25, 0.3) is 10.9 Å². The number of para-hydroxylation sites is 1. The molecule has 0 unspecified atom stereocenters. The van der Waals surface area contributed by atoms with Crippen LogP contribution in [0.4, 0.5) is 0 Å².